The van der Waals surface area contributed by atoms with E-state index in [2.05, 4.69) is 88.6 Å². The van der Waals surface area contributed by atoms with Gasteiger partial charge in [-0.05, 0) is 96.2 Å². The predicted molar refractivity (Wildman–Crippen MR) is 148 cm³/mol. The molecule has 1 aliphatic rings. The van der Waals surface area contributed by atoms with Crippen molar-refractivity contribution in [2.45, 2.75) is 68.4 Å². The van der Waals surface area contributed by atoms with E-state index in [1.807, 2.05) is 32.0 Å². The van der Waals surface area contributed by atoms with Crippen LogP contribution in [0.25, 0.3) is 0 Å². The number of nitrogens with zero attached hydrogens (tertiary/aromatic N) is 2. The van der Waals surface area contributed by atoms with E-state index in [9.17, 15) is 0 Å². The van der Waals surface area contributed by atoms with E-state index < -0.39 is 0 Å². The van der Waals surface area contributed by atoms with E-state index in [0.29, 0.717) is 0 Å². The molecule has 1 saturated heterocycles. The van der Waals surface area contributed by atoms with Crippen LogP contribution in [-0.2, 0) is 19.5 Å². The molecule has 6 heteroatoms. The van der Waals surface area contributed by atoms with Crippen LogP contribution in [0, 0.1) is 48.5 Å². The summed E-state index contributed by atoms with van der Waals surface area (Å²) in [5.41, 5.74) is 12.3. The van der Waals surface area contributed by atoms with Crippen molar-refractivity contribution in [3.63, 3.8) is 0 Å². The van der Waals surface area contributed by atoms with Crippen molar-refractivity contribution < 1.29 is 49.0 Å². The summed E-state index contributed by atoms with van der Waals surface area (Å²) in [5, 5.41) is 0. The predicted octanol–water partition coefficient (Wildman–Crippen LogP) is 1.61. The van der Waals surface area contributed by atoms with Gasteiger partial charge in [-0.25, -0.2) is 0 Å². The van der Waals surface area contributed by atoms with E-state index in [4.69, 9.17) is 4.74 Å². The fourth-order valence-corrected chi connectivity index (χ4v) is 5.24. The van der Waals surface area contributed by atoms with E-state index in [0.717, 1.165) is 25.5 Å². The molecule has 0 amide bonds. The van der Waals surface area contributed by atoms with Gasteiger partial charge in [0.15, 0.2) is 0 Å². The average Bonchev–Trinajstić information content (AvgIpc) is 3.17. The summed E-state index contributed by atoms with van der Waals surface area (Å²) >= 11 is 0. The Hall–Kier alpha value is -1.74. The van der Waals surface area contributed by atoms with E-state index in [-0.39, 0.29) is 50.4 Å². The minimum absolute atomic E-state index is 0. The molecule has 0 atom stereocenters. The molecule has 1 heterocycles. The van der Waals surface area contributed by atoms with Gasteiger partial charge in [-0.1, -0.05) is 53.6 Å². The molecule has 0 radical (unpaired) electrons. The van der Waals surface area contributed by atoms with Crippen LogP contribution in [0.2, 0.25) is 0 Å². The maximum absolute atomic E-state index is 5.54. The summed E-state index contributed by atoms with van der Waals surface area (Å²) in [6.45, 7) is 22.6. The Bertz CT molecular complexity index is 1040. The van der Waals surface area contributed by atoms with Crippen molar-refractivity contribution in [1.29, 1.82) is 0 Å². The molecule has 37 heavy (non-hydrogen) atoms. The normalized spacial score (nSPS) is 12.2. The maximum atomic E-state index is 5.54. The molecular weight excluding hydrogens is 588 g/mol. The quantitative estimate of drug-likeness (QED) is 0.408. The summed E-state index contributed by atoms with van der Waals surface area (Å²) < 4.78 is 5.54. The second kappa shape index (κ2) is 15.6. The van der Waals surface area contributed by atoms with Crippen molar-refractivity contribution in [2.24, 2.45) is 0 Å². The third-order valence-electron chi connectivity index (χ3n) is 6.34. The summed E-state index contributed by atoms with van der Waals surface area (Å²) in [7, 11) is 0. The molecule has 0 aliphatic carbocycles. The smallest absolute Gasteiger partial charge is 1.00 e. The number of para-hydroxylation sites is 1. The molecule has 0 aromatic heterocycles. The van der Waals surface area contributed by atoms with Crippen LogP contribution in [-0.4, -0.2) is 25.9 Å². The molecule has 3 aromatic carbocycles. The molecule has 1 fully saturated rings. The monoisotopic (exact) mass is 630 g/mol. The van der Waals surface area contributed by atoms with Gasteiger partial charge in [-0.3, -0.25) is 0 Å². The number of hydrogen-bond donors (Lipinski definition) is 0. The van der Waals surface area contributed by atoms with E-state index in [1.165, 1.54) is 50.3 Å². The Morgan fingerprint density at radius 1 is 0.622 bits per heavy atom. The van der Waals surface area contributed by atoms with Crippen LogP contribution in [0.1, 0.15) is 52.8 Å². The third-order valence-corrected chi connectivity index (χ3v) is 6.34. The maximum Gasteiger partial charge on any atom is 2.00 e. The zero-order valence-corrected chi connectivity index (χ0v) is 27.0. The molecule has 3 nitrogen and oxygen atoms in total. The Balaban J connectivity index is 0.000000795. The molecular formula is C31H42Cl2N2ORu. The van der Waals surface area contributed by atoms with E-state index >= 15 is 0 Å². The molecule has 3 aromatic rings. The molecule has 0 saturated carbocycles. The number of benzene rings is 3. The first-order chi connectivity index (χ1) is 16.1. The average molecular weight is 631 g/mol. The fourth-order valence-electron chi connectivity index (χ4n) is 5.24. The van der Waals surface area contributed by atoms with Crippen molar-refractivity contribution in [2.75, 3.05) is 29.6 Å². The molecule has 4 rings (SSSR count). The number of ether oxygens (including phenoxy) is 1. The molecule has 0 N–H and O–H groups in total. The van der Waals surface area contributed by atoms with Gasteiger partial charge in [-0.15, -0.1) is 0 Å². The van der Waals surface area contributed by atoms with Gasteiger partial charge in [0.05, 0.1) is 12.8 Å². The fraction of sp³-hybridized carbons (Fsp3) is 0.419. The van der Waals surface area contributed by atoms with E-state index in [1.54, 1.807) is 0 Å². The summed E-state index contributed by atoms with van der Waals surface area (Å²) in [6.07, 6.45) is 0.260. The number of rotatable bonds is 4. The molecule has 0 spiro atoms. The van der Waals surface area contributed by atoms with Crippen molar-refractivity contribution in [3.05, 3.63) is 87.5 Å². The van der Waals surface area contributed by atoms with Crippen molar-refractivity contribution in [1.82, 2.24) is 0 Å². The minimum atomic E-state index is 0. The topological polar surface area (TPSA) is 15.7 Å². The Labute approximate surface area is 250 Å². The Morgan fingerprint density at radius 2 is 1.00 bits per heavy atom. The standard InChI is InChI=1S/C21H28N2.C10H14O.2ClH.Ru/c1-14-9-16(3)20(17(4)10-14)22-7-8-23(13-22)21-18(5)11-15(2)12-19(21)6;1-8(2)11-10-7-5-4-6-9(10)3;;;/h9-12H,7-8,13H2,1-6H3;4-8H,1-3H3;2*1H;/q;;;;+2/p-2. The number of hydrogen-bond acceptors (Lipinski definition) is 3. The van der Waals surface area contributed by atoms with Gasteiger partial charge in [0, 0.05) is 24.5 Å². The van der Waals surface area contributed by atoms with Gasteiger partial charge >= 0.3 is 19.5 Å². The Kier molecular flexibility index (Phi) is 14.9. The Morgan fingerprint density at radius 3 is 1.35 bits per heavy atom. The first-order valence-corrected chi connectivity index (χ1v) is 12.4. The second-order valence-corrected chi connectivity index (χ2v) is 10.1. The number of halogens is 2. The first-order valence-electron chi connectivity index (χ1n) is 12.4. The zero-order valence-electron chi connectivity index (χ0n) is 23.7. The first kappa shape index (κ1) is 35.3. The van der Waals surface area contributed by atoms with Crippen molar-refractivity contribution in [3.8, 4) is 5.75 Å². The number of aryl methyl sites for hydroxylation is 7. The van der Waals surface area contributed by atoms with Crippen LogP contribution < -0.4 is 39.4 Å². The van der Waals surface area contributed by atoms with Crippen LogP contribution in [0.15, 0.2) is 48.5 Å². The van der Waals surface area contributed by atoms with Gasteiger partial charge in [-0.2, -0.15) is 0 Å². The minimum Gasteiger partial charge on any atom is -1.00 e. The summed E-state index contributed by atoms with van der Waals surface area (Å²) in [5.74, 6) is 0.988. The van der Waals surface area contributed by atoms with Crippen LogP contribution in [0.4, 0.5) is 11.4 Å². The summed E-state index contributed by atoms with van der Waals surface area (Å²) in [4.78, 5) is 5.06. The third kappa shape index (κ3) is 9.20. The van der Waals surface area contributed by atoms with Gasteiger partial charge in [0.2, 0.25) is 0 Å². The molecule has 204 valence electrons. The van der Waals surface area contributed by atoms with Crippen molar-refractivity contribution >= 4 is 11.4 Å². The summed E-state index contributed by atoms with van der Waals surface area (Å²) in [6, 6.07) is 17.3. The molecule has 0 bridgehead atoms. The zero-order chi connectivity index (χ0) is 25.0. The van der Waals surface area contributed by atoms with Crippen LogP contribution >= 0.6 is 0 Å². The van der Waals surface area contributed by atoms with Gasteiger partial charge in [0.1, 0.15) is 5.75 Å². The van der Waals surface area contributed by atoms with Gasteiger partial charge in [0.25, 0.3) is 0 Å². The number of anilines is 2. The molecule has 1 aliphatic heterocycles. The molecule has 0 unspecified atom stereocenters. The van der Waals surface area contributed by atoms with Gasteiger partial charge < -0.3 is 39.4 Å². The van der Waals surface area contributed by atoms with Crippen LogP contribution in [0.3, 0.4) is 0 Å². The van der Waals surface area contributed by atoms with Crippen LogP contribution in [0.5, 0.6) is 5.75 Å². The largest absolute Gasteiger partial charge is 2.00 e. The second-order valence-electron chi connectivity index (χ2n) is 10.1. The SMILES string of the molecule is Cc1cc(C)c(N2CCN(c3c(C)cc(C)cc3C)C2)c(C)c1.Cc1ccccc1OC(C)C.[Cl-].[Cl-].[Ru+2].